The van der Waals surface area contributed by atoms with Crippen LogP contribution in [0.25, 0.3) is 0 Å². The van der Waals surface area contributed by atoms with E-state index in [-0.39, 0.29) is 16.9 Å². The molecule has 0 unspecified atom stereocenters. The van der Waals surface area contributed by atoms with Crippen LogP contribution in [0.15, 0.2) is 23.1 Å². The fourth-order valence-corrected chi connectivity index (χ4v) is 3.46. The molecule has 3 N–H and O–H groups in total. The van der Waals surface area contributed by atoms with E-state index in [9.17, 15) is 12.8 Å². The first-order valence-electron chi connectivity index (χ1n) is 6.76. The largest absolute Gasteiger partial charge is 0.330 e. The van der Waals surface area contributed by atoms with Crippen LogP contribution in [0.4, 0.5) is 4.39 Å². The molecule has 0 bridgehead atoms. The maximum Gasteiger partial charge on any atom is 0.240 e. The van der Waals surface area contributed by atoms with Crippen LogP contribution in [0.5, 0.6) is 0 Å². The molecule has 20 heavy (non-hydrogen) atoms. The third-order valence-corrected chi connectivity index (χ3v) is 5.55. The van der Waals surface area contributed by atoms with Gasteiger partial charge in [0.05, 0.1) is 4.90 Å². The van der Waals surface area contributed by atoms with Gasteiger partial charge in [-0.05, 0) is 49.4 Å². The lowest BCUT2D eigenvalue weighted by atomic mass is 9.83. The van der Waals surface area contributed by atoms with Crippen LogP contribution in [0, 0.1) is 18.2 Å². The third kappa shape index (κ3) is 3.77. The van der Waals surface area contributed by atoms with Gasteiger partial charge in [-0.1, -0.05) is 19.9 Å². The zero-order valence-electron chi connectivity index (χ0n) is 12.2. The summed E-state index contributed by atoms with van der Waals surface area (Å²) < 4.78 is 40.4. The summed E-state index contributed by atoms with van der Waals surface area (Å²) in [5.74, 6) is -0.563. The normalized spacial score (nSPS) is 12.7. The van der Waals surface area contributed by atoms with E-state index in [0.717, 1.165) is 18.9 Å². The van der Waals surface area contributed by atoms with E-state index < -0.39 is 15.8 Å². The minimum Gasteiger partial charge on any atom is -0.330 e. The number of aryl methyl sites for hydroxylation is 1. The van der Waals surface area contributed by atoms with Gasteiger partial charge < -0.3 is 5.73 Å². The quantitative estimate of drug-likeness (QED) is 0.811. The summed E-state index contributed by atoms with van der Waals surface area (Å²) in [7, 11) is -3.72. The number of nitrogens with two attached hydrogens (primary N) is 1. The molecule has 1 rings (SSSR count). The van der Waals surface area contributed by atoms with Gasteiger partial charge >= 0.3 is 0 Å². The first-order chi connectivity index (χ1) is 9.30. The van der Waals surface area contributed by atoms with Gasteiger partial charge in [0.15, 0.2) is 0 Å². The zero-order chi connectivity index (χ0) is 15.4. The second-order valence-electron chi connectivity index (χ2n) is 5.15. The van der Waals surface area contributed by atoms with Crippen LogP contribution >= 0.6 is 0 Å². The SMILES string of the molecule is CCC(CC)(CN)CNS(=O)(=O)c1cc(F)ccc1C. The number of sulfonamides is 1. The molecule has 0 aliphatic heterocycles. The highest BCUT2D eigenvalue weighted by Crippen LogP contribution is 2.25. The Morgan fingerprint density at radius 1 is 1.30 bits per heavy atom. The summed E-state index contributed by atoms with van der Waals surface area (Å²) in [6.45, 7) is 6.28. The molecule has 0 saturated carbocycles. The van der Waals surface area contributed by atoms with Crippen LogP contribution in [0.3, 0.4) is 0 Å². The fraction of sp³-hybridized carbons (Fsp3) is 0.571. The maximum atomic E-state index is 13.2. The van der Waals surface area contributed by atoms with Crippen molar-refractivity contribution in [3.05, 3.63) is 29.6 Å². The molecule has 0 fully saturated rings. The molecule has 0 radical (unpaired) electrons. The lowest BCUT2D eigenvalue weighted by molar-refractivity contribution is 0.275. The Morgan fingerprint density at radius 3 is 2.40 bits per heavy atom. The van der Waals surface area contributed by atoms with Crippen LogP contribution < -0.4 is 10.5 Å². The number of hydrogen-bond acceptors (Lipinski definition) is 3. The molecule has 0 aromatic heterocycles. The van der Waals surface area contributed by atoms with Gasteiger partial charge in [-0.2, -0.15) is 0 Å². The highest BCUT2D eigenvalue weighted by molar-refractivity contribution is 7.89. The highest BCUT2D eigenvalue weighted by Gasteiger charge is 2.27. The van der Waals surface area contributed by atoms with Crippen LogP contribution in [0.1, 0.15) is 32.3 Å². The van der Waals surface area contributed by atoms with E-state index in [4.69, 9.17) is 5.73 Å². The van der Waals surface area contributed by atoms with Crippen LogP contribution in [0.2, 0.25) is 0 Å². The summed E-state index contributed by atoms with van der Waals surface area (Å²) >= 11 is 0. The summed E-state index contributed by atoms with van der Waals surface area (Å²) in [5.41, 5.74) is 6.02. The average Bonchev–Trinajstić information content (AvgIpc) is 2.43. The number of benzene rings is 1. The molecule has 0 spiro atoms. The second kappa shape index (κ2) is 6.65. The first kappa shape index (κ1) is 17.1. The van der Waals surface area contributed by atoms with Gasteiger partial charge in [-0.25, -0.2) is 17.5 Å². The molecule has 0 saturated heterocycles. The zero-order valence-corrected chi connectivity index (χ0v) is 13.1. The Balaban J connectivity index is 2.98. The lowest BCUT2D eigenvalue weighted by Crippen LogP contribution is -2.41. The third-order valence-electron chi connectivity index (χ3n) is 4.01. The standard InChI is InChI=1S/C14H23FN2O2S/c1-4-14(5-2,9-16)10-17-20(18,19)13-8-12(15)7-6-11(13)3/h6-8,17H,4-5,9-10,16H2,1-3H3. The molecule has 0 heterocycles. The predicted molar refractivity (Wildman–Crippen MR) is 78.4 cm³/mol. The van der Waals surface area contributed by atoms with Crippen molar-refractivity contribution in [2.24, 2.45) is 11.1 Å². The predicted octanol–water partition coefficient (Wildman–Crippen LogP) is 2.18. The van der Waals surface area contributed by atoms with E-state index in [1.54, 1.807) is 6.92 Å². The Bertz CT molecular complexity index is 546. The second-order valence-corrected chi connectivity index (χ2v) is 6.88. The van der Waals surface area contributed by atoms with Gasteiger partial charge in [-0.3, -0.25) is 0 Å². The van der Waals surface area contributed by atoms with E-state index in [2.05, 4.69) is 4.72 Å². The van der Waals surface area contributed by atoms with Gasteiger partial charge in [0.25, 0.3) is 0 Å². The molecule has 0 aliphatic carbocycles. The van der Waals surface area contributed by atoms with E-state index in [1.807, 2.05) is 13.8 Å². The lowest BCUT2D eigenvalue weighted by Gasteiger charge is -2.30. The Hall–Kier alpha value is -0.980. The van der Waals surface area contributed by atoms with Gasteiger partial charge in [0.2, 0.25) is 10.0 Å². The Labute approximate surface area is 120 Å². The van der Waals surface area contributed by atoms with Crippen LogP contribution in [-0.2, 0) is 10.0 Å². The van der Waals surface area contributed by atoms with Crippen molar-refractivity contribution in [1.82, 2.24) is 4.72 Å². The summed E-state index contributed by atoms with van der Waals surface area (Å²) in [6, 6.07) is 3.75. The van der Waals surface area contributed by atoms with Crippen molar-refractivity contribution >= 4 is 10.0 Å². The number of hydrogen-bond donors (Lipinski definition) is 2. The van der Waals surface area contributed by atoms with Crippen molar-refractivity contribution in [3.8, 4) is 0 Å². The van der Waals surface area contributed by atoms with Gasteiger partial charge in [0, 0.05) is 6.54 Å². The molecule has 1 aromatic rings. The minimum atomic E-state index is -3.72. The number of nitrogens with one attached hydrogen (secondary N) is 1. The molecule has 0 atom stereocenters. The number of rotatable bonds is 7. The molecular weight excluding hydrogens is 279 g/mol. The minimum absolute atomic E-state index is 0.0179. The van der Waals surface area contributed by atoms with Crippen LogP contribution in [-0.4, -0.2) is 21.5 Å². The number of halogens is 1. The molecule has 1 aromatic carbocycles. The molecule has 6 heteroatoms. The molecule has 4 nitrogen and oxygen atoms in total. The monoisotopic (exact) mass is 302 g/mol. The first-order valence-corrected chi connectivity index (χ1v) is 8.24. The van der Waals surface area contributed by atoms with Gasteiger partial charge in [0.1, 0.15) is 5.82 Å². The Kier molecular flexibility index (Phi) is 5.68. The smallest absolute Gasteiger partial charge is 0.240 e. The van der Waals surface area contributed by atoms with Crippen molar-refractivity contribution in [3.63, 3.8) is 0 Å². The molecule has 114 valence electrons. The van der Waals surface area contributed by atoms with E-state index in [1.165, 1.54) is 12.1 Å². The molecular formula is C14H23FN2O2S. The summed E-state index contributed by atoms with van der Waals surface area (Å²) in [4.78, 5) is -0.0179. The fourth-order valence-electron chi connectivity index (χ4n) is 2.05. The van der Waals surface area contributed by atoms with Gasteiger partial charge in [-0.15, -0.1) is 0 Å². The average molecular weight is 302 g/mol. The Morgan fingerprint density at radius 2 is 1.90 bits per heavy atom. The molecule has 0 amide bonds. The molecule has 0 aliphatic rings. The topological polar surface area (TPSA) is 72.2 Å². The van der Waals surface area contributed by atoms with Crippen molar-refractivity contribution in [2.45, 2.75) is 38.5 Å². The summed E-state index contributed by atoms with van der Waals surface area (Å²) in [6.07, 6.45) is 1.56. The van der Waals surface area contributed by atoms with E-state index in [0.29, 0.717) is 12.1 Å². The highest BCUT2D eigenvalue weighted by atomic mass is 32.2. The van der Waals surface area contributed by atoms with Crippen molar-refractivity contribution in [1.29, 1.82) is 0 Å². The summed E-state index contributed by atoms with van der Waals surface area (Å²) in [5, 5.41) is 0. The van der Waals surface area contributed by atoms with Crippen molar-refractivity contribution < 1.29 is 12.8 Å². The van der Waals surface area contributed by atoms with E-state index >= 15 is 0 Å². The van der Waals surface area contributed by atoms with Crippen molar-refractivity contribution in [2.75, 3.05) is 13.1 Å². The maximum absolute atomic E-state index is 13.2.